The minimum atomic E-state index is -0.140. The van der Waals surface area contributed by atoms with Crippen LogP contribution in [0.1, 0.15) is 45.2 Å². The van der Waals surface area contributed by atoms with Crippen molar-refractivity contribution in [2.75, 3.05) is 12.0 Å². The third-order valence-electron chi connectivity index (χ3n) is 5.51. The zero-order valence-corrected chi connectivity index (χ0v) is 17.0. The summed E-state index contributed by atoms with van der Waals surface area (Å²) in [6.45, 7) is 4.30. The molecule has 1 unspecified atom stereocenters. The van der Waals surface area contributed by atoms with Gasteiger partial charge >= 0.3 is 0 Å². The highest BCUT2D eigenvalue weighted by Crippen LogP contribution is 2.42. The Morgan fingerprint density at radius 3 is 2.81 bits per heavy atom. The number of anilines is 1. The molecule has 1 saturated carbocycles. The van der Waals surface area contributed by atoms with Gasteiger partial charge in [0, 0.05) is 24.1 Å². The number of fused-ring (bicyclic) bond motifs is 1. The van der Waals surface area contributed by atoms with Gasteiger partial charge in [-0.3, -0.25) is 4.79 Å². The number of hydrogen-bond acceptors (Lipinski definition) is 5. The summed E-state index contributed by atoms with van der Waals surface area (Å²) in [6.07, 6.45) is 5.36. The normalized spacial score (nSPS) is 19.6. The summed E-state index contributed by atoms with van der Waals surface area (Å²) in [5, 5.41) is 5.39. The van der Waals surface area contributed by atoms with Crippen molar-refractivity contribution >= 4 is 22.2 Å². The fourth-order valence-electron chi connectivity index (χ4n) is 4.16. The molecule has 2 heterocycles. The Bertz CT molecular complexity index is 827. The third-order valence-corrected chi connectivity index (χ3v) is 6.67. The molecule has 1 aliphatic heterocycles. The molecule has 1 aromatic carbocycles. The van der Waals surface area contributed by atoms with Crippen LogP contribution >= 0.6 is 11.3 Å². The highest BCUT2D eigenvalue weighted by atomic mass is 32.1. The second-order valence-corrected chi connectivity index (χ2v) is 8.69. The largest absolute Gasteiger partial charge is 0.497 e. The number of thiazole rings is 1. The van der Waals surface area contributed by atoms with E-state index in [9.17, 15) is 4.79 Å². The van der Waals surface area contributed by atoms with Crippen LogP contribution in [0.15, 0.2) is 24.3 Å². The zero-order chi connectivity index (χ0) is 19.0. The Morgan fingerprint density at radius 1 is 1.33 bits per heavy atom. The Balaban J connectivity index is 1.57. The van der Waals surface area contributed by atoms with E-state index in [4.69, 9.17) is 9.72 Å². The molecule has 2 aromatic rings. The summed E-state index contributed by atoms with van der Waals surface area (Å²) >= 11 is 1.67. The molecule has 1 fully saturated rings. The Kier molecular flexibility index (Phi) is 5.08. The van der Waals surface area contributed by atoms with Crippen LogP contribution in [0.2, 0.25) is 0 Å². The molecule has 27 heavy (non-hydrogen) atoms. The van der Waals surface area contributed by atoms with Gasteiger partial charge in [0.05, 0.1) is 12.8 Å². The van der Waals surface area contributed by atoms with Gasteiger partial charge in [0.1, 0.15) is 21.8 Å². The van der Waals surface area contributed by atoms with Gasteiger partial charge < -0.3 is 15.0 Å². The number of methoxy groups -OCH3 is 1. The number of carbonyl (C=O) groups excluding carboxylic acids is 1. The molecule has 144 valence electrons. The molecule has 0 saturated heterocycles. The van der Waals surface area contributed by atoms with Crippen LogP contribution in [0.25, 0.3) is 10.6 Å². The van der Waals surface area contributed by atoms with Gasteiger partial charge in [0.15, 0.2) is 0 Å². The van der Waals surface area contributed by atoms with Crippen LogP contribution in [0.5, 0.6) is 5.75 Å². The lowest BCUT2D eigenvalue weighted by atomic mass is 10.1. The SMILES string of the molecule is COc1cccc(-c2nc3c(s2)N(C(C)C)C(C(=O)NC2CCCC2)C3)c1. The van der Waals surface area contributed by atoms with Crippen molar-refractivity contribution < 1.29 is 9.53 Å². The molecule has 0 spiro atoms. The average Bonchev–Trinajstić information content (AvgIpc) is 3.36. The molecule has 5 nitrogen and oxygen atoms in total. The summed E-state index contributed by atoms with van der Waals surface area (Å²) < 4.78 is 5.34. The molecule has 0 radical (unpaired) electrons. The zero-order valence-electron chi connectivity index (χ0n) is 16.2. The smallest absolute Gasteiger partial charge is 0.243 e. The molecule has 1 amide bonds. The summed E-state index contributed by atoms with van der Waals surface area (Å²) in [5.74, 6) is 0.987. The van der Waals surface area contributed by atoms with Gasteiger partial charge in [-0.2, -0.15) is 0 Å². The van der Waals surface area contributed by atoms with E-state index in [0.29, 0.717) is 12.5 Å². The summed E-state index contributed by atoms with van der Waals surface area (Å²) in [7, 11) is 1.68. The summed E-state index contributed by atoms with van der Waals surface area (Å²) in [4.78, 5) is 20.1. The number of nitrogens with zero attached hydrogens (tertiary/aromatic N) is 2. The van der Waals surface area contributed by atoms with E-state index in [1.165, 1.54) is 12.8 Å². The maximum atomic E-state index is 12.9. The fraction of sp³-hybridized carbons (Fsp3) is 0.524. The third kappa shape index (κ3) is 3.55. The topological polar surface area (TPSA) is 54.5 Å². The number of carbonyl (C=O) groups is 1. The van der Waals surface area contributed by atoms with Crippen molar-refractivity contribution in [1.29, 1.82) is 0 Å². The molecule has 1 atom stereocenters. The fourth-order valence-corrected chi connectivity index (χ4v) is 5.44. The van der Waals surface area contributed by atoms with Crippen LogP contribution in [0, 0.1) is 0 Å². The van der Waals surface area contributed by atoms with Crippen LogP contribution in [-0.2, 0) is 11.2 Å². The first-order valence-corrected chi connectivity index (χ1v) is 10.6. The summed E-state index contributed by atoms with van der Waals surface area (Å²) in [6, 6.07) is 8.46. The van der Waals surface area contributed by atoms with Crippen molar-refractivity contribution in [3.05, 3.63) is 30.0 Å². The first kappa shape index (κ1) is 18.3. The Labute approximate surface area is 164 Å². The molecule has 4 rings (SSSR count). The maximum Gasteiger partial charge on any atom is 0.243 e. The van der Waals surface area contributed by atoms with Crippen LogP contribution in [0.3, 0.4) is 0 Å². The monoisotopic (exact) mass is 385 g/mol. The number of benzene rings is 1. The van der Waals surface area contributed by atoms with E-state index >= 15 is 0 Å². The second-order valence-electron chi connectivity index (χ2n) is 7.71. The Hall–Kier alpha value is -2.08. The molecule has 0 bridgehead atoms. The second kappa shape index (κ2) is 7.50. The number of rotatable bonds is 5. The van der Waals surface area contributed by atoms with Gasteiger partial charge in [-0.1, -0.05) is 36.3 Å². The lowest BCUT2D eigenvalue weighted by Crippen LogP contribution is -2.50. The van der Waals surface area contributed by atoms with E-state index in [1.54, 1.807) is 18.4 Å². The van der Waals surface area contributed by atoms with E-state index < -0.39 is 0 Å². The quantitative estimate of drug-likeness (QED) is 0.845. The van der Waals surface area contributed by atoms with Crippen molar-refractivity contribution in [3.8, 4) is 16.3 Å². The Morgan fingerprint density at radius 2 is 2.11 bits per heavy atom. The number of nitrogens with one attached hydrogen (secondary N) is 1. The molecule has 2 aliphatic rings. The first-order chi connectivity index (χ1) is 13.1. The minimum Gasteiger partial charge on any atom is -0.497 e. The molecule has 1 aliphatic carbocycles. The van der Waals surface area contributed by atoms with Crippen molar-refractivity contribution in [1.82, 2.24) is 10.3 Å². The number of ether oxygens (including phenoxy) is 1. The standard InChI is InChI=1S/C21H27N3O2S/c1-13(2)24-18(19(25)22-15-8-4-5-9-15)12-17-21(24)27-20(23-17)14-7-6-10-16(11-14)26-3/h6-7,10-11,13,15,18H,4-5,8-9,12H2,1-3H3,(H,22,25). The van der Waals surface area contributed by atoms with Crippen molar-refractivity contribution in [2.45, 2.75) is 64.1 Å². The minimum absolute atomic E-state index is 0.140. The van der Waals surface area contributed by atoms with Crippen LogP contribution in [-0.4, -0.2) is 36.1 Å². The number of hydrogen-bond donors (Lipinski definition) is 1. The average molecular weight is 386 g/mol. The highest BCUT2D eigenvalue weighted by Gasteiger charge is 2.39. The highest BCUT2D eigenvalue weighted by molar-refractivity contribution is 7.19. The molecular formula is C21H27N3O2S. The predicted molar refractivity (Wildman–Crippen MR) is 110 cm³/mol. The van der Waals surface area contributed by atoms with Crippen LogP contribution < -0.4 is 15.0 Å². The van der Waals surface area contributed by atoms with Crippen LogP contribution in [0.4, 0.5) is 5.00 Å². The van der Waals surface area contributed by atoms with Gasteiger partial charge in [-0.25, -0.2) is 4.98 Å². The van der Waals surface area contributed by atoms with E-state index in [-0.39, 0.29) is 18.0 Å². The van der Waals surface area contributed by atoms with E-state index in [1.807, 2.05) is 18.2 Å². The first-order valence-electron chi connectivity index (χ1n) is 9.79. The van der Waals surface area contributed by atoms with Gasteiger partial charge in [0.2, 0.25) is 5.91 Å². The predicted octanol–water partition coefficient (Wildman–Crippen LogP) is 4.02. The van der Waals surface area contributed by atoms with Crippen molar-refractivity contribution in [3.63, 3.8) is 0 Å². The lowest BCUT2D eigenvalue weighted by Gasteiger charge is -2.30. The molecule has 1 aromatic heterocycles. The summed E-state index contributed by atoms with van der Waals surface area (Å²) in [5.41, 5.74) is 2.10. The lowest BCUT2D eigenvalue weighted by molar-refractivity contribution is -0.123. The molecule has 6 heteroatoms. The maximum absolute atomic E-state index is 12.9. The number of amides is 1. The molecular weight excluding hydrogens is 358 g/mol. The molecule has 1 N–H and O–H groups in total. The van der Waals surface area contributed by atoms with Crippen molar-refractivity contribution in [2.24, 2.45) is 0 Å². The van der Waals surface area contributed by atoms with E-state index in [0.717, 1.165) is 39.9 Å². The van der Waals surface area contributed by atoms with Gasteiger partial charge in [-0.05, 0) is 38.8 Å². The van der Waals surface area contributed by atoms with E-state index in [2.05, 4.69) is 30.1 Å². The number of aromatic nitrogens is 1. The van der Waals surface area contributed by atoms with Gasteiger partial charge in [-0.15, -0.1) is 0 Å². The van der Waals surface area contributed by atoms with Gasteiger partial charge in [0.25, 0.3) is 0 Å².